The monoisotopic (exact) mass is 405 g/mol. The Hall–Kier alpha value is -1.79. The van der Waals surface area contributed by atoms with Gasteiger partial charge in [-0.1, -0.05) is 11.6 Å². The zero-order valence-electron chi connectivity index (χ0n) is 16.6. The van der Waals surface area contributed by atoms with Crippen molar-refractivity contribution in [2.75, 3.05) is 19.6 Å². The van der Waals surface area contributed by atoms with Crippen LogP contribution in [0.4, 0.5) is 0 Å². The zero-order valence-corrected chi connectivity index (χ0v) is 17.3. The van der Waals surface area contributed by atoms with E-state index >= 15 is 0 Å². The number of amides is 1. The second kappa shape index (κ2) is 7.91. The average Bonchev–Trinajstić information content (AvgIpc) is 2.96. The SMILES string of the molecule is C[C@H]1CCC[C@H](C)N1C(=O)CN1CCC[C@H](n2c(=O)oc3ccc(Cl)cc32)C1. The maximum Gasteiger partial charge on any atom is 0.420 e. The summed E-state index contributed by atoms with van der Waals surface area (Å²) < 4.78 is 7.11. The second-order valence-electron chi connectivity index (χ2n) is 8.31. The van der Waals surface area contributed by atoms with E-state index < -0.39 is 0 Å². The summed E-state index contributed by atoms with van der Waals surface area (Å²) in [5.41, 5.74) is 1.28. The molecule has 0 saturated carbocycles. The molecule has 2 saturated heterocycles. The van der Waals surface area contributed by atoms with Gasteiger partial charge in [-0.15, -0.1) is 0 Å². The maximum atomic E-state index is 13.0. The van der Waals surface area contributed by atoms with Crippen LogP contribution in [0.3, 0.4) is 0 Å². The Labute approximate surface area is 170 Å². The Balaban J connectivity index is 1.51. The van der Waals surface area contributed by atoms with Crippen molar-refractivity contribution in [3.8, 4) is 0 Å². The number of rotatable bonds is 3. The highest BCUT2D eigenvalue weighted by Crippen LogP contribution is 2.27. The van der Waals surface area contributed by atoms with Crippen molar-refractivity contribution in [2.45, 2.75) is 64.1 Å². The van der Waals surface area contributed by atoms with Crippen LogP contribution < -0.4 is 5.76 Å². The molecule has 3 heterocycles. The van der Waals surface area contributed by atoms with Gasteiger partial charge in [-0.3, -0.25) is 14.3 Å². The largest absolute Gasteiger partial charge is 0.420 e. The van der Waals surface area contributed by atoms with Crippen LogP contribution in [-0.2, 0) is 4.79 Å². The fourth-order valence-electron chi connectivity index (χ4n) is 4.92. The van der Waals surface area contributed by atoms with Crippen LogP contribution in [0.5, 0.6) is 0 Å². The molecule has 152 valence electrons. The highest BCUT2D eigenvalue weighted by Gasteiger charge is 2.32. The first-order valence-corrected chi connectivity index (χ1v) is 10.7. The summed E-state index contributed by atoms with van der Waals surface area (Å²) in [6.07, 6.45) is 5.19. The number of fused-ring (bicyclic) bond motifs is 1. The molecule has 2 fully saturated rings. The van der Waals surface area contributed by atoms with E-state index in [-0.39, 0.29) is 17.7 Å². The van der Waals surface area contributed by atoms with E-state index in [2.05, 4.69) is 23.6 Å². The third-order valence-corrected chi connectivity index (χ3v) is 6.50. The van der Waals surface area contributed by atoms with E-state index in [1.807, 2.05) is 0 Å². The molecule has 0 radical (unpaired) electrons. The van der Waals surface area contributed by atoms with Crippen molar-refractivity contribution in [1.29, 1.82) is 0 Å². The van der Waals surface area contributed by atoms with E-state index in [1.54, 1.807) is 22.8 Å². The van der Waals surface area contributed by atoms with Gasteiger partial charge in [-0.2, -0.15) is 0 Å². The predicted octanol–water partition coefficient (Wildman–Crippen LogP) is 3.67. The molecule has 6 nitrogen and oxygen atoms in total. The van der Waals surface area contributed by atoms with Crippen molar-refractivity contribution in [3.63, 3.8) is 0 Å². The van der Waals surface area contributed by atoms with Crippen LogP contribution in [0.15, 0.2) is 27.4 Å². The molecule has 1 aromatic carbocycles. The zero-order chi connectivity index (χ0) is 19.8. The van der Waals surface area contributed by atoms with Crippen LogP contribution in [0.2, 0.25) is 5.02 Å². The minimum absolute atomic E-state index is 0.00929. The molecular formula is C21H28ClN3O3. The molecule has 0 bridgehead atoms. The van der Waals surface area contributed by atoms with Gasteiger partial charge < -0.3 is 9.32 Å². The standard InChI is InChI=1S/C21H28ClN3O3/c1-14-5-3-6-15(2)24(14)20(26)13-23-10-4-7-17(12-23)25-18-11-16(22)8-9-19(18)28-21(25)27/h8-9,11,14-15,17H,3-7,10,12-13H2,1-2H3/t14-,15-,17-/m0/s1. The number of hydrogen-bond acceptors (Lipinski definition) is 4. The van der Waals surface area contributed by atoms with Gasteiger partial charge in [0.05, 0.1) is 18.1 Å². The number of likely N-dealkylation sites (tertiary alicyclic amines) is 2. The van der Waals surface area contributed by atoms with Gasteiger partial charge in [0.15, 0.2) is 5.58 Å². The van der Waals surface area contributed by atoms with Gasteiger partial charge in [-0.05, 0) is 70.7 Å². The summed E-state index contributed by atoms with van der Waals surface area (Å²) in [4.78, 5) is 29.7. The highest BCUT2D eigenvalue weighted by atomic mass is 35.5. The van der Waals surface area contributed by atoms with Crippen molar-refractivity contribution in [2.24, 2.45) is 0 Å². The number of carbonyl (C=O) groups is 1. The van der Waals surface area contributed by atoms with E-state index in [0.717, 1.165) is 37.7 Å². The number of halogens is 1. The number of carbonyl (C=O) groups excluding carboxylic acids is 1. The summed E-state index contributed by atoms with van der Waals surface area (Å²) >= 11 is 6.13. The number of oxazole rings is 1. The van der Waals surface area contributed by atoms with Gasteiger partial charge in [0.2, 0.25) is 5.91 Å². The molecule has 7 heteroatoms. The summed E-state index contributed by atoms with van der Waals surface area (Å²) in [6, 6.07) is 5.84. The topological polar surface area (TPSA) is 58.7 Å². The lowest BCUT2D eigenvalue weighted by molar-refractivity contribution is -0.138. The molecule has 2 aliphatic rings. The van der Waals surface area contributed by atoms with Crippen LogP contribution >= 0.6 is 11.6 Å². The minimum Gasteiger partial charge on any atom is -0.408 e. The Morgan fingerprint density at radius 2 is 1.93 bits per heavy atom. The Bertz CT molecular complexity index is 911. The smallest absolute Gasteiger partial charge is 0.408 e. The lowest BCUT2D eigenvalue weighted by Crippen LogP contribution is -2.52. The van der Waals surface area contributed by atoms with E-state index in [0.29, 0.717) is 35.8 Å². The molecule has 0 N–H and O–H groups in total. The fraction of sp³-hybridized carbons (Fsp3) is 0.619. The third kappa shape index (κ3) is 3.72. The van der Waals surface area contributed by atoms with Gasteiger partial charge in [0, 0.05) is 23.7 Å². The van der Waals surface area contributed by atoms with Crippen LogP contribution in [0.1, 0.15) is 52.0 Å². The van der Waals surface area contributed by atoms with Crippen LogP contribution in [0, 0.1) is 0 Å². The summed E-state index contributed by atoms with van der Waals surface area (Å²) in [5.74, 6) is -0.151. The Morgan fingerprint density at radius 1 is 1.18 bits per heavy atom. The molecule has 3 atom stereocenters. The number of aromatic nitrogens is 1. The van der Waals surface area contributed by atoms with Crippen molar-refractivity contribution in [1.82, 2.24) is 14.4 Å². The summed E-state index contributed by atoms with van der Waals surface area (Å²) in [7, 11) is 0. The number of nitrogens with zero attached hydrogens (tertiary/aromatic N) is 3. The molecule has 2 aromatic rings. The average molecular weight is 406 g/mol. The first-order valence-electron chi connectivity index (χ1n) is 10.3. The number of piperidine rings is 2. The van der Waals surface area contributed by atoms with Gasteiger partial charge in [0.1, 0.15) is 0 Å². The third-order valence-electron chi connectivity index (χ3n) is 6.26. The Morgan fingerprint density at radius 3 is 2.68 bits per heavy atom. The summed E-state index contributed by atoms with van der Waals surface area (Å²) in [6.45, 7) is 6.25. The van der Waals surface area contributed by atoms with Crippen molar-refractivity contribution < 1.29 is 9.21 Å². The molecule has 1 aromatic heterocycles. The normalized spacial score (nSPS) is 26.7. The first-order chi connectivity index (χ1) is 13.4. The number of hydrogen-bond donors (Lipinski definition) is 0. The van der Waals surface area contributed by atoms with E-state index in [1.165, 1.54) is 6.42 Å². The van der Waals surface area contributed by atoms with Gasteiger partial charge in [0.25, 0.3) is 0 Å². The molecule has 28 heavy (non-hydrogen) atoms. The van der Waals surface area contributed by atoms with E-state index in [9.17, 15) is 9.59 Å². The Kier molecular flexibility index (Phi) is 5.52. The minimum atomic E-state index is -0.353. The molecule has 0 spiro atoms. The lowest BCUT2D eigenvalue weighted by Gasteiger charge is -2.41. The molecule has 1 amide bonds. The lowest BCUT2D eigenvalue weighted by atomic mass is 9.97. The first kappa shape index (κ1) is 19.5. The molecule has 0 unspecified atom stereocenters. The van der Waals surface area contributed by atoms with Crippen LogP contribution in [-0.4, -0.2) is 52.0 Å². The molecule has 0 aliphatic carbocycles. The molecule has 4 rings (SSSR count). The quantitative estimate of drug-likeness (QED) is 0.781. The summed E-state index contributed by atoms with van der Waals surface area (Å²) in [5, 5.41) is 0.581. The van der Waals surface area contributed by atoms with Gasteiger partial charge >= 0.3 is 5.76 Å². The molecule has 2 aliphatic heterocycles. The number of benzene rings is 1. The highest BCUT2D eigenvalue weighted by molar-refractivity contribution is 6.31. The molecular weight excluding hydrogens is 378 g/mol. The van der Waals surface area contributed by atoms with Gasteiger partial charge in [-0.25, -0.2) is 4.79 Å². The van der Waals surface area contributed by atoms with Crippen LogP contribution in [0.25, 0.3) is 11.1 Å². The van der Waals surface area contributed by atoms with E-state index in [4.69, 9.17) is 16.0 Å². The second-order valence-corrected chi connectivity index (χ2v) is 8.75. The van der Waals surface area contributed by atoms with Crippen molar-refractivity contribution >= 4 is 28.6 Å². The predicted molar refractivity (Wildman–Crippen MR) is 110 cm³/mol. The maximum absolute atomic E-state index is 13.0. The fourth-order valence-corrected chi connectivity index (χ4v) is 5.09. The van der Waals surface area contributed by atoms with Crippen molar-refractivity contribution in [3.05, 3.63) is 33.8 Å².